The first-order chi connectivity index (χ1) is 20.2. The van der Waals surface area contributed by atoms with Gasteiger partial charge < -0.3 is 14.1 Å². The maximum Gasteiger partial charge on any atom is 0.254 e. The molecule has 5 aromatic rings. The zero-order valence-corrected chi connectivity index (χ0v) is 23.1. The van der Waals surface area contributed by atoms with Crippen LogP contribution in [-0.2, 0) is 0 Å². The number of carbonyl (C=O) groups is 1. The predicted octanol–water partition coefficient (Wildman–Crippen LogP) is 6.95. The molecule has 0 N–H and O–H groups in total. The van der Waals surface area contributed by atoms with Crippen LogP contribution >= 0.6 is 0 Å². The van der Waals surface area contributed by atoms with Crippen LogP contribution in [0.15, 0.2) is 120 Å². The lowest BCUT2D eigenvalue weighted by Crippen LogP contribution is -2.50. The van der Waals surface area contributed by atoms with Crippen LogP contribution in [0.25, 0.3) is 22.8 Å². The van der Waals surface area contributed by atoms with Crippen molar-refractivity contribution in [2.75, 3.05) is 32.8 Å². The van der Waals surface area contributed by atoms with Crippen molar-refractivity contribution in [3.8, 4) is 28.5 Å². The highest BCUT2D eigenvalue weighted by atomic mass is 16.5. The molecule has 6 heteroatoms. The minimum Gasteiger partial charge on any atom is -0.494 e. The van der Waals surface area contributed by atoms with E-state index in [9.17, 15) is 4.79 Å². The van der Waals surface area contributed by atoms with Crippen LogP contribution in [0.1, 0.15) is 34.5 Å². The Morgan fingerprint density at radius 2 is 1.41 bits per heavy atom. The maximum atomic E-state index is 13.8. The Morgan fingerprint density at radius 1 is 0.805 bits per heavy atom. The predicted molar refractivity (Wildman–Crippen MR) is 161 cm³/mol. The standard InChI is InChI=1S/C35H33N3O3/c1-2-40-29-19-17-26(18-20-29)32-25-36-34(41-32)30-15-9-10-16-31(30)35(39)38-23-21-37(22-24-38)33(27-11-5-3-6-12-27)28-13-7-4-8-14-28/h3-20,25,33H,2,21-24H2,1H3. The number of hydrogen-bond acceptors (Lipinski definition) is 5. The van der Waals surface area contributed by atoms with Crippen molar-refractivity contribution in [1.82, 2.24) is 14.8 Å². The van der Waals surface area contributed by atoms with E-state index in [0.717, 1.165) is 24.4 Å². The molecule has 0 bridgehead atoms. The summed E-state index contributed by atoms with van der Waals surface area (Å²) < 4.78 is 11.7. The van der Waals surface area contributed by atoms with Gasteiger partial charge in [-0.05, 0) is 54.4 Å². The summed E-state index contributed by atoms with van der Waals surface area (Å²) >= 11 is 0. The monoisotopic (exact) mass is 543 g/mol. The first kappa shape index (κ1) is 26.5. The largest absolute Gasteiger partial charge is 0.494 e. The van der Waals surface area contributed by atoms with Crippen LogP contribution in [0.5, 0.6) is 5.75 Å². The highest BCUT2D eigenvalue weighted by Gasteiger charge is 2.29. The van der Waals surface area contributed by atoms with E-state index >= 15 is 0 Å². The minimum absolute atomic E-state index is 0.00274. The first-order valence-corrected chi connectivity index (χ1v) is 14.1. The van der Waals surface area contributed by atoms with Crippen LogP contribution < -0.4 is 4.74 Å². The fourth-order valence-electron chi connectivity index (χ4n) is 5.51. The molecule has 0 radical (unpaired) electrons. The number of rotatable bonds is 8. The van der Waals surface area contributed by atoms with Crippen LogP contribution in [0.2, 0.25) is 0 Å². The minimum atomic E-state index is -0.00274. The van der Waals surface area contributed by atoms with Gasteiger partial charge in [0.15, 0.2) is 5.76 Å². The summed E-state index contributed by atoms with van der Waals surface area (Å²) in [6.45, 7) is 5.43. The SMILES string of the molecule is CCOc1ccc(-c2cnc(-c3ccccc3C(=O)N3CCN(C(c4ccccc4)c4ccccc4)CC3)o2)cc1. The van der Waals surface area contributed by atoms with E-state index in [4.69, 9.17) is 9.15 Å². The van der Waals surface area contributed by atoms with Gasteiger partial charge in [0, 0.05) is 37.3 Å². The second kappa shape index (κ2) is 12.2. The highest BCUT2D eigenvalue weighted by molar-refractivity contribution is 6.00. The van der Waals surface area contributed by atoms with Crippen molar-refractivity contribution < 1.29 is 13.9 Å². The molecule has 4 aromatic carbocycles. The molecule has 6 rings (SSSR count). The maximum absolute atomic E-state index is 13.8. The molecule has 6 nitrogen and oxygen atoms in total. The van der Waals surface area contributed by atoms with E-state index in [2.05, 4.69) is 70.5 Å². The molecule has 1 aliphatic rings. The molecule has 206 valence electrons. The van der Waals surface area contributed by atoms with Gasteiger partial charge in [0.05, 0.1) is 24.4 Å². The van der Waals surface area contributed by atoms with Crippen molar-refractivity contribution in [2.45, 2.75) is 13.0 Å². The van der Waals surface area contributed by atoms with Gasteiger partial charge in [0.1, 0.15) is 5.75 Å². The smallest absolute Gasteiger partial charge is 0.254 e. The quantitative estimate of drug-likeness (QED) is 0.212. The average Bonchev–Trinajstić information content (AvgIpc) is 3.53. The zero-order valence-electron chi connectivity index (χ0n) is 23.1. The molecule has 1 fully saturated rings. The van der Waals surface area contributed by atoms with Crippen LogP contribution in [0.4, 0.5) is 0 Å². The lowest BCUT2D eigenvalue weighted by molar-refractivity contribution is 0.0598. The van der Waals surface area contributed by atoms with E-state index in [1.807, 2.05) is 60.4 Å². The van der Waals surface area contributed by atoms with Crippen molar-refractivity contribution >= 4 is 5.91 Å². The number of ether oxygens (including phenoxy) is 1. The van der Waals surface area contributed by atoms with Crippen molar-refractivity contribution in [3.05, 3.63) is 132 Å². The average molecular weight is 544 g/mol. The lowest BCUT2D eigenvalue weighted by Gasteiger charge is -2.40. The third kappa shape index (κ3) is 5.79. The Morgan fingerprint density at radius 3 is 2.05 bits per heavy atom. The third-order valence-corrected chi connectivity index (χ3v) is 7.54. The van der Waals surface area contributed by atoms with Gasteiger partial charge in [0.2, 0.25) is 5.89 Å². The van der Waals surface area contributed by atoms with Crippen molar-refractivity contribution in [3.63, 3.8) is 0 Å². The summed E-state index contributed by atoms with van der Waals surface area (Å²) in [6.07, 6.45) is 1.71. The van der Waals surface area contributed by atoms with E-state index < -0.39 is 0 Å². The molecule has 2 heterocycles. The molecule has 1 aromatic heterocycles. The van der Waals surface area contributed by atoms with Crippen LogP contribution in [0, 0.1) is 0 Å². The molecule has 1 saturated heterocycles. The number of aromatic nitrogens is 1. The van der Waals surface area contributed by atoms with Crippen LogP contribution in [0.3, 0.4) is 0 Å². The van der Waals surface area contributed by atoms with Gasteiger partial charge in [-0.3, -0.25) is 9.69 Å². The molecular formula is C35H33N3O3. The van der Waals surface area contributed by atoms with E-state index in [1.54, 1.807) is 6.20 Å². The summed E-state index contributed by atoms with van der Waals surface area (Å²) in [5.41, 5.74) is 4.72. The number of oxazole rings is 1. The fourth-order valence-corrected chi connectivity index (χ4v) is 5.51. The molecule has 1 aliphatic heterocycles. The second-order valence-corrected chi connectivity index (χ2v) is 10.1. The van der Waals surface area contributed by atoms with Gasteiger partial charge in [-0.25, -0.2) is 4.98 Å². The topological polar surface area (TPSA) is 58.8 Å². The summed E-state index contributed by atoms with van der Waals surface area (Å²) in [6, 6.07) is 36.6. The van der Waals surface area contributed by atoms with E-state index in [1.165, 1.54) is 11.1 Å². The molecule has 41 heavy (non-hydrogen) atoms. The summed E-state index contributed by atoms with van der Waals surface area (Å²) in [5.74, 6) is 1.89. The number of piperazine rings is 1. The molecule has 1 amide bonds. The second-order valence-electron chi connectivity index (χ2n) is 10.1. The highest BCUT2D eigenvalue weighted by Crippen LogP contribution is 2.32. The number of benzene rings is 4. The Hall–Kier alpha value is -4.68. The Bertz CT molecular complexity index is 1530. The zero-order chi connectivity index (χ0) is 28.0. The normalized spacial score (nSPS) is 13.9. The number of carbonyl (C=O) groups excluding carboxylic acids is 1. The van der Waals surface area contributed by atoms with Gasteiger partial charge in [-0.1, -0.05) is 72.8 Å². The van der Waals surface area contributed by atoms with Crippen molar-refractivity contribution in [1.29, 1.82) is 0 Å². The van der Waals surface area contributed by atoms with Crippen molar-refractivity contribution in [2.24, 2.45) is 0 Å². The van der Waals surface area contributed by atoms with Crippen LogP contribution in [-0.4, -0.2) is 53.5 Å². The van der Waals surface area contributed by atoms with E-state index in [0.29, 0.717) is 42.5 Å². The Labute approximate surface area is 240 Å². The molecule has 0 atom stereocenters. The molecule has 0 unspecified atom stereocenters. The third-order valence-electron chi connectivity index (χ3n) is 7.54. The van der Waals surface area contributed by atoms with Gasteiger partial charge in [-0.15, -0.1) is 0 Å². The van der Waals surface area contributed by atoms with Gasteiger partial charge in [0.25, 0.3) is 5.91 Å². The number of hydrogen-bond donors (Lipinski definition) is 0. The Balaban J connectivity index is 1.19. The Kier molecular flexibility index (Phi) is 7.92. The lowest BCUT2D eigenvalue weighted by atomic mass is 9.96. The molecule has 0 spiro atoms. The summed E-state index contributed by atoms with van der Waals surface area (Å²) in [7, 11) is 0. The van der Waals surface area contributed by atoms with Gasteiger partial charge >= 0.3 is 0 Å². The fraction of sp³-hybridized carbons (Fsp3) is 0.200. The molecule has 0 aliphatic carbocycles. The summed E-state index contributed by atoms with van der Waals surface area (Å²) in [4.78, 5) is 22.8. The molecule has 0 saturated carbocycles. The first-order valence-electron chi connectivity index (χ1n) is 14.1. The van der Waals surface area contributed by atoms with E-state index in [-0.39, 0.29) is 11.9 Å². The summed E-state index contributed by atoms with van der Waals surface area (Å²) in [5, 5.41) is 0. The van der Waals surface area contributed by atoms with Gasteiger partial charge in [-0.2, -0.15) is 0 Å². The number of nitrogens with zero attached hydrogens (tertiary/aromatic N) is 3. The number of amides is 1. The molecular weight excluding hydrogens is 510 g/mol.